The Morgan fingerprint density at radius 1 is 1.48 bits per heavy atom. The average molecular weight is 405 g/mol. The van der Waals surface area contributed by atoms with Crippen LogP contribution in [-0.2, 0) is 10.3 Å². The van der Waals surface area contributed by atoms with Crippen LogP contribution in [0.4, 0.5) is 20.3 Å². The highest BCUT2D eigenvalue weighted by molar-refractivity contribution is 5.98. The number of nitrogens with zero attached hydrogens (tertiary/aromatic N) is 3. The van der Waals surface area contributed by atoms with Gasteiger partial charge in [-0.05, 0) is 31.0 Å². The number of halogens is 2. The van der Waals surface area contributed by atoms with Crippen molar-refractivity contribution >= 4 is 17.4 Å². The molecule has 29 heavy (non-hydrogen) atoms. The summed E-state index contributed by atoms with van der Waals surface area (Å²) >= 11 is 0. The standard InChI is InChI=1S/C19H21F2N5O3/c1-19(28,18(20)21)12-2-4-13(5-3-12)24-17-14(16(23)27)9-26(25-17)15-10-29-7-6-11(15)8-22/h2-5,9,11,15,18,28H,6-7,10H2,1H3,(H2,23,27)(H,24,25). The Hall–Kier alpha value is -3.03. The Morgan fingerprint density at radius 2 is 2.17 bits per heavy atom. The summed E-state index contributed by atoms with van der Waals surface area (Å²) in [6, 6.07) is 7.55. The molecule has 0 radical (unpaired) electrons. The summed E-state index contributed by atoms with van der Waals surface area (Å²) in [6.45, 7) is 1.80. The van der Waals surface area contributed by atoms with Gasteiger partial charge in [0.1, 0.15) is 11.2 Å². The first-order valence-electron chi connectivity index (χ1n) is 8.98. The van der Waals surface area contributed by atoms with E-state index in [0.717, 1.165) is 6.92 Å². The summed E-state index contributed by atoms with van der Waals surface area (Å²) in [6.07, 6.45) is -0.921. The molecule has 1 aliphatic heterocycles. The summed E-state index contributed by atoms with van der Waals surface area (Å²) in [5, 5.41) is 26.5. The Labute approximate surface area is 165 Å². The van der Waals surface area contributed by atoms with Gasteiger partial charge >= 0.3 is 0 Å². The molecular formula is C19H21F2N5O3. The lowest BCUT2D eigenvalue weighted by atomic mass is 9.96. The third-order valence-electron chi connectivity index (χ3n) is 4.99. The van der Waals surface area contributed by atoms with Crippen LogP contribution in [0.2, 0.25) is 0 Å². The molecule has 1 fully saturated rings. The Morgan fingerprint density at radius 3 is 2.76 bits per heavy atom. The zero-order chi connectivity index (χ0) is 21.2. The normalized spacial score (nSPS) is 21.4. The molecule has 10 heteroatoms. The van der Waals surface area contributed by atoms with Crippen molar-refractivity contribution in [2.75, 3.05) is 18.5 Å². The van der Waals surface area contributed by atoms with Crippen LogP contribution in [0.1, 0.15) is 35.3 Å². The van der Waals surface area contributed by atoms with Crippen molar-refractivity contribution in [3.8, 4) is 6.07 Å². The highest BCUT2D eigenvalue weighted by atomic mass is 19.3. The summed E-state index contributed by atoms with van der Waals surface area (Å²) in [7, 11) is 0. The highest BCUT2D eigenvalue weighted by Gasteiger charge is 2.34. The number of nitriles is 1. The Kier molecular flexibility index (Phi) is 5.81. The minimum Gasteiger partial charge on any atom is -0.379 e. The van der Waals surface area contributed by atoms with Gasteiger partial charge in [0, 0.05) is 18.5 Å². The second-order valence-electron chi connectivity index (χ2n) is 7.05. The minimum absolute atomic E-state index is 0.0509. The van der Waals surface area contributed by atoms with Gasteiger partial charge in [-0.2, -0.15) is 10.4 Å². The van der Waals surface area contributed by atoms with Gasteiger partial charge < -0.3 is 20.9 Å². The van der Waals surface area contributed by atoms with Gasteiger partial charge in [-0.1, -0.05) is 12.1 Å². The molecule has 0 bridgehead atoms. The molecule has 3 rings (SSSR count). The second-order valence-corrected chi connectivity index (χ2v) is 7.05. The van der Waals surface area contributed by atoms with Crippen LogP contribution in [0.5, 0.6) is 0 Å². The summed E-state index contributed by atoms with van der Waals surface area (Å²) in [4.78, 5) is 11.8. The number of hydrogen-bond acceptors (Lipinski definition) is 6. The lowest BCUT2D eigenvalue weighted by Gasteiger charge is -2.26. The molecule has 3 unspecified atom stereocenters. The summed E-state index contributed by atoms with van der Waals surface area (Å²) in [5.41, 5.74) is 3.81. The van der Waals surface area contributed by atoms with Gasteiger partial charge in [-0.3, -0.25) is 9.48 Å². The first kappa shape index (κ1) is 20.7. The van der Waals surface area contributed by atoms with Gasteiger partial charge in [0.15, 0.2) is 5.82 Å². The average Bonchev–Trinajstić information content (AvgIpc) is 3.12. The SMILES string of the molecule is CC(O)(c1ccc(Nc2nn(C3COCCC3C#N)cc2C(N)=O)cc1)C(F)F. The molecule has 3 atom stereocenters. The number of anilines is 2. The number of aromatic nitrogens is 2. The Bertz CT molecular complexity index is 921. The molecule has 0 aliphatic carbocycles. The molecule has 1 saturated heterocycles. The number of ether oxygens (including phenoxy) is 1. The van der Waals surface area contributed by atoms with E-state index in [9.17, 15) is 23.9 Å². The fourth-order valence-corrected chi connectivity index (χ4v) is 3.12. The van der Waals surface area contributed by atoms with Crippen LogP contribution >= 0.6 is 0 Å². The fourth-order valence-electron chi connectivity index (χ4n) is 3.12. The number of carbonyl (C=O) groups excluding carboxylic acids is 1. The number of aliphatic hydroxyl groups is 1. The van der Waals surface area contributed by atoms with Gasteiger partial charge in [0.05, 0.1) is 24.6 Å². The van der Waals surface area contributed by atoms with Crippen molar-refractivity contribution in [2.24, 2.45) is 11.7 Å². The zero-order valence-electron chi connectivity index (χ0n) is 15.7. The van der Waals surface area contributed by atoms with Crippen molar-refractivity contribution < 1.29 is 23.4 Å². The maximum Gasteiger partial charge on any atom is 0.270 e. The molecule has 2 heterocycles. The lowest BCUT2D eigenvalue weighted by molar-refractivity contribution is -0.0883. The van der Waals surface area contributed by atoms with E-state index in [1.54, 1.807) is 0 Å². The van der Waals surface area contributed by atoms with E-state index in [4.69, 9.17) is 10.5 Å². The molecule has 2 aromatic rings. The van der Waals surface area contributed by atoms with E-state index in [1.807, 2.05) is 0 Å². The number of hydrogen-bond donors (Lipinski definition) is 3. The number of amides is 1. The quantitative estimate of drug-likeness (QED) is 0.677. The van der Waals surface area contributed by atoms with E-state index < -0.39 is 17.9 Å². The van der Waals surface area contributed by atoms with Crippen LogP contribution in [0.3, 0.4) is 0 Å². The van der Waals surface area contributed by atoms with Gasteiger partial charge in [-0.25, -0.2) is 8.78 Å². The van der Waals surface area contributed by atoms with Gasteiger partial charge in [0.2, 0.25) is 0 Å². The molecule has 1 amide bonds. The molecule has 4 N–H and O–H groups in total. The van der Waals surface area contributed by atoms with E-state index in [0.29, 0.717) is 18.7 Å². The van der Waals surface area contributed by atoms with Crippen molar-refractivity contribution in [1.82, 2.24) is 9.78 Å². The van der Waals surface area contributed by atoms with Crippen molar-refractivity contribution in [2.45, 2.75) is 31.4 Å². The maximum absolute atomic E-state index is 13.0. The van der Waals surface area contributed by atoms with E-state index in [2.05, 4.69) is 16.5 Å². The molecular weight excluding hydrogens is 384 g/mol. The third kappa shape index (κ3) is 4.21. The van der Waals surface area contributed by atoms with Crippen LogP contribution in [0, 0.1) is 17.2 Å². The molecule has 8 nitrogen and oxygen atoms in total. The molecule has 1 aliphatic rings. The predicted octanol–water partition coefficient (Wildman–Crippen LogP) is 2.30. The smallest absolute Gasteiger partial charge is 0.270 e. The van der Waals surface area contributed by atoms with Gasteiger partial charge in [-0.15, -0.1) is 0 Å². The Balaban J connectivity index is 1.86. The number of nitrogens with one attached hydrogen (secondary N) is 1. The predicted molar refractivity (Wildman–Crippen MR) is 99.6 cm³/mol. The molecule has 0 spiro atoms. The van der Waals surface area contributed by atoms with Crippen LogP contribution in [0.25, 0.3) is 0 Å². The number of nitrogens with two attached hydrogens (primary N) is 1. The minimum atomic E-state index is -2.94. The highest BCUT2D eigenvalue weighted by Crippen LogP contribution is 2.31. The molecule has 154 valence electrons. The summed E-state index contributed by atoms with van der Waals surface area (Å²) < 4.78 is 32.8. The molecule has 1 aromatic carbocycles. The number of carbonyl (C=O) groups is 1. The lowest BCUT2D eigenvalue weighted by Crippen LogP contribution is -2.30. The number of benzene rings is 1. The zero-order valence-corrected chi connectivity index (χ0v) is 15.7. The molecule has 1 aromatic heterocycles. The van der Waals surface area contributed by atoms with Crippen LogP contribution < -0.4 is 11.1 Å². The van der Waals surface area contributed by atoms with Crippen LogP contribution in [-0.4, -0.2) is 40.4 Å². The van der Waals surface area contributed by atoms with E-state index >= 15 is 0 Å². The number of rotatable bonds is 6. The second kappa shape index (κ2) is 8.14. The third-order valence-corrected chi connectivity index (χ3v) is 4.99. The molecule has 0 saturated carbocycles. The van der Waals surface area contributed by atoms with Crippen LogP contribution in [0.15, 0.2) is 30.5 Å². The number of primary amides is 1. The first-order chi connectivity index (χ1) is 13.7. The summed E-state index contributed by atoms with van der Waals surface area (Å²) in [5.74, 6) is -0.845. The van der Waals surface area contributed by atoms with Crippen molar-refractivity contribution in [3.05, 3.63) is 41.6 Å². The fraction of sp³-hybridized carbons (Fsp3) is 0.421. The van der Waals surface area contributed by atoms with Crippen molar-refractivity contribution in [1.29, 1.82) is 5.26 Å². The van der Waals surface area contributed by atoms with E-state index in [1.165, 1.54) is 35.1 Å². The number of alkyl halides is 2. The largest absolute Gasteiger partial charge is 0.379 e. The maximum atomic E-state index is 13.0. The van der Waals surface area contributed by atoms with Gasteiger partial charge in [0.25, 0.3) is 12.3 Å². The van der Waals surface area contributed by atoms with E-state index in [-0.39, 0.29) is 35.5 Å². The van der Waals surface area contributed by atoms with Crippen molar-refractivity contribution in [3.63, 3.8) is 0 Å². The first-order valence-corrected chi connectivity index (χ1v) is 8.98. The monoisotopic (exact) mass is 405 g/mol. The topological polar surface area (TPSA) is 126 Å².